The Balaban J connectivity index is 1.07. The van der Waals surface area contributed by atoms with E-state index in [0.29, 0.717) is 5.75 Å². The fraction of sp³-hybridized carbons (Fsp3) is 0.310. The SMILES string of the molecule is Oc1cccc(/C=C/CN2CCN(CCCCn3c4ccccc4c4ccccc43)CC2)c1. The summed E-state index contributed by atoms with van der Waals surface area (Å²) in [5, 5.41) is 12.3. The van der Waals surface area contributed by atoms with E-state index in [2.05, 4.69) is 75.0 Å². The van der Waals surface area contributed by atoms with Gasteiger partial charge in [-0.2, -0.15) is 0 Å². The Hall–Kier alpha value is -3.08. The highest BCUT2D eigenvalue weighted by Crippen LogP contribution is 2.29. The van der Waals surface area contributed by atoms with Crippen molar-refractivity contribution >= 4 is 27.9 Å². The predicted molar refractivity (Wildman–Crippen MR) is 139 cm³/mol. The van der Waals surface area contributed by atoms with Gasteiger partial charge in [0, 0.05) is 61.1 Å². The lowest BCUT2D eigenvalue weighted by Crippen LogP contribution is -2.46. The summed E-state index contributed by atoms with van der Waals surface area (Å²) in [4.78, 5) is 5.12. The van der Waals surface area contributed by atoms with Gasteiger partial charge in [0.2, 0.25) is 0 Å². The highest BCUT2D eigenvalue weighted by Gasteiger charge is 2.15. The number of phenols is 1. The largest absolute Gasteiger partial charge is 0.508 e. The van der Waals surface area contributed by atoms with Crippen molar-refractivity contribution in [1.29, 1.82) is 0 Å². The van der Waals surface area contributed by atoms with Crippen LogP contribution in [0.15, 0.2) is 78.9 Å². The molecule has 0 bridgehead atoms. The third-order valence-electron chi connectivity index (χ3n) is 6.79. The Morgan fingerprint density at radius 3 is 2.03 bits per heavy atom. The van der Waals surface area contributed by atoms with Crippen molar-refractivity contribution in [1.82, 2.24) is 14.4 Å². The Morgan fingerprint density at radius 1 is 0.697 bits per heavy atom. The Labute approximate surface area is 196 Å². The van der Waals surface area contributed by atoms with Crippen LogP contribution in [0.1, 0.15) is 18.4 Å². The van der Waals surface area contributed by atoms with Crippen LogP contribution in [0.2, 0.25) is 0 Å². The quantitative estimate of drug-likeness (QED) is 0.362. The molecule has 1 N–H and O–H groups in total. The lowest BCUT2D eigenvalue weighted by Gasteiger charge is -2.34. The minimum atomic E-state index is 0.323. The van der Waals surface area contributed by atoms with Crippen molar-refractivity contribution in [2.45, 2.75) is 19.4 Å². The van der Waals surface area contributed by atoms with Crippen LogP contribution in [0.5, 0.6) is 5.75 Å². The smallest absolute Gasteiger partial charge is 0.116 e. The molecule has 0 saturated carbocycles. The van der Waals surface area contributed by atoms with Gasteiger partial charge in [-0.15, -0.1) is 0 Å². The minimum absolute atomic E-state index is 0.323. The van der Waals surface area contributed by atoms with Gasteiger partial charge >= 0.3 is 0 Å². The number of aryl methyl sites for hydroxylation is 1. The van der Waals surface area contributed by atoms with Crippen molar-refractivity contribution in [2.75, 3.05) is 39.3 Å². The average molecular weight is 440 g/mol. The molecule has 2 heterocycles. The zero-order valence-electron chi connectivity index (χ0n) is 19.2. The van der Waals surface area contributed by atoms with E-state index in [1.807, 2.05) is 12.1 Å². The van der Waals surface area contributed by atoms with E-state index in [4.69, 9.17) is 0 Å². The zero-order valence-corrected chi connectivity index (χ0v) is 19.2. The molecule has 1 fully saturated rings. The second-order valence-electron chi connectivity index (χ2n) is 9.03. The number of phenolic OH excluding ortho intramolecular Hbond substituents is 1. The predicted octanol–water partition coefficient (Wildman–Crippen LogP) is 5.61. The number of nitrogens with zero attached hydrogens (tertiary/aromatic N) is 3. The molecule has 0 radical (unpaired) electrons. The summed E-state index contributed by atoms with van der Waals surface area (Å²) >= 11 is 0. The summed E-state index contributed by atoms with van der Waals surface area (Å²) in [7, 11) is 0. The molecule has 4 heteroatoms. The molecule has 3 aromatic carbocycles. The Kier molecular flexibility index (Phi) is 6.75. The number of hydrogen-bond donors (Lipinski definition) is 1. The van der Waals surface area contributed by atoms with E-state index in [1.54, 1.807) is 12.1 Å². The standard InChI is InChI=1S/C29H33N3O/c33-25-11-7-9-24(23-25)10-8-17-31-21-19-30(20-22-31)16-5-6-18-32-28-14-3-1-12-26(28)27-13-2-4-15-29(27)32/h1-4,7-15,23,33H,5-6,16-22H2/b10-8+. The highest BCUT2D eigenvalue weighted by molar-refractivity contribution is 6.07. The van der Waals surface area contributed by atoms with Gasteiger partial charge < -0.3 is 14.6 Å². The number of aromatic hydroxyl groups is 1. The molecule has 0 unspecified atom stereocenters. The first kappa shape index (κ1) is 21.7. The van der Waals surface area contributed by atoms with E-state index in [0.717, 1.165) is 44.8 Å². The molecule has 1 aromatic heterocycles. The molecule has 0 atom stereocenters. The average Bonchev–Trinajstić information content (AvgIpc) is 3.17. The summed E-state index contributed by atoms with van der Waals surface area (Å²) in [6, 6.07) is 25.0. The van der Waals surface area contributed by atoms with Crippen LogP contribution in [0.3, 0.4) is 0 Å². The number of benzene rings is 3. The molecule has 33 heavy (non-hydrogen) atoms. The van der Waals surface area contributed by atoms with Crippen molar-refractivity contribution in [3.05, 3.63) is 84.4 Å². The second-order valence-corrected chi connectivity index (χ2v) is 9.03. The third-order valence-corrected chi connectivity index (χ3v) is 6.79. The lowest BCUT2D eigenvalue weighted by molar-refractivity contribution is 0.140. The first-order valence-electron chi connectivity index (χ1n) is 12.1. The van der Waals surface area contributed by atoms with Gasteiger partial charge in [-0.3, -0.25) is 4.90 Å². The van der Waals surface area contributed by atoms with Crippen molar-refractivity contribution in [2.24, 2.45) is 0 Å². The minimum Gasteiger partial charge on any atom is -0.508 e. The van der Waals surface area contributed by atoms with Gasteiger partial charge in [-0.1, -0.05) is 60.7 Å². The topological polar surface area (TPSA) is 31.6 Å². The summed E-state index contributed by atoms with van der Waals surface area (Å²) in [5.41, 5.74) is 3.76. The molecule has 1 aliphatic rings. The van der Waals surface area contributed by atoms with E-state index in [-0.39, 0.29) is 0 Å². The van der Waals surface area contributed by atoms with Crippen LogP contribution in [0, 0.1) is 0 Å². The maximum absolute atomic E-state index is 9.57. The maximum Gasteiger partial charge on any atom is 0.116 e. The van der Waals surface area contributed by atoms with E-state index in [1.165, 1.54) is 41.2 Å². The molecule has 170 valence electrons. The number of aromatic nitrogens is 1. The number of hydrogen-bond acceptors (Lipinski definition) is 3. The summed E-state index contributed by atoms with van der Waals surface area (Å²) < 4.78 is 2.50. The molecule has 0 aliphatic carbocycles. The molecule has 1 aliphatic heterocycles. The Morgan fingerprint density at radius 2 is 1.33 bits per heavy atom. The molecule has 0 spiro atoms. The molecular formula is C29H33N3O. The van der Waals surface area contributed by atoms with E-state index in [9.17, 15) is 5.11 Å². The van der Waals surface area contributed by atoms with Gasteiger partial charge in [-0.25, -0.2) is 0 Å². The van der Waals surface area contributed by atoms with Crippen molar-refractivity contribution in [3.8, 4) is 5.75 Å². The maximum atomic E-state index is 9.57. The van der Waals surface area contributed by atoms with Gasteiger partial charge in [0.15, 0.2) is 0 Å². The van der Waals surface area contributed by atoms with Gasteiger partial charge in [0.25, 0.3) is 0 Å². The lowest BCUT2D eigenvalue weighted by atomic mass is 10.2. The van der Waals surface area contributed by atoms with Crippen LogP contribution >= 0.6 is 0 Å². The van der Waals surface area contributed by atoms with Crippen LogP contribution in [-0.2, 0) is 6.54 Å². The number of rotatable bonds is 8. The number of piperazine rings is 1. The fourth-order valence-electron chi connectivity index (χ4n) is 5.01. The normalized spacial score (nSPS) is 15.8. The van der Waals surface area contributed by atoms with E-state index >= 15 is 0 Å². The van der Waals surface area contributed by atoms with Crippen LogP contribution in [-0.4, -0.2) is 58.7 Å². The monoisotopic (exact) mass is 439 g/mol. The van der Waals surface area contributed by atoms with Crippen LogP contribution < -0.4 is 0 Å². The fourth-order valence-corrected chi connectivity index (χ4v) is 5.01. The molecular weight excluding hydrogens is 406 g/mol. The zero-order chi connectivity index (χ0) is 22.5. The first-order valence-corrected chi connectivity index (χ1v) is 12.1. The third kappa shape index (κ3) is 5.13. The molecule has 4 nitrogen and oxygen atoms in total. The second kappa shape index (κ2) is 10.2. The molecule has 0 amide bonds. The van der Waals surface area contributed by atoms with Crippen molar-refractivity contribution < 1.29 is 5.11 Å². The van der Waals surface area contributed by atoms with Crippen LogP contribution in [0.4, 0.5) is 0 Å². The molecule has 4 aromatic rings. The Bertz CT molecular complexity index is 1180. The van der Waals surface area contributed by atoms with Gasteiger partial charge in [0.05, 0.1) is 0 Å². The molecule has 1 saturated heterocycles. The van der Waals surface area contributed by atoms with Crippen LogP contribution in [0.25, 0.3) is 27.9 Å². The van der Waals surface area contributed by atoms with E-state index < -0.39 is 0 Å². The van der Waals surface area contributed by atoms with Crippen molar-refractivity contribution in [3.63, 3.8) is 0 Å². The number of fused-ring (bicyclic) bond motifs is 3. The molecule has 5 rings (SSSR count). The van der Waals surface area contributed by atoms with Gasteiger partial charge in [-0.05, 0) is 49.2 Å². The summed E-state index contributed by atoms with van der Waals surface area (Å²) in [6.07, 6.45) is 6.74. The number of unbranched alkanes of at least 4 members (excludes halogenated alkanes) is 1. The summed E-state index contributed by atoms with van der Waals surface area (Å²) in [5.74, 6) is 0.323. The highest BCUT2D eigenvalue weighted by atomic mass is 16.3. The van der Waals surface area contributed by atoms with Gasteiger partial charge in [0.1, 0.15) is 5.75 Å². The number of para-hydroxylation sites is 2. The summed E-state index contributed by atoms with van der Waals surface area (Å²) in [6.45, 7) is 7.77. The first-order chi connectivity index (χ1) is 16.3.